The molecule has 2 N–H and O–H groups in total. The fourth-order valence-electron chi connectivity index (χ4n) is 1.11. The molecule has 0 amide bonds. The molecule has 0 spiro atoms. The Bertz CT molecular complexity index is 318. The van der Waals surface area contributed by atoms with Gasteiger partial charge in [-0.15, -0.1) is 12.6 Å². The predicted molar refractivity (Wildman–Crippen MR) is 65.5 cm³/mol. The van der Waals surface area contributed by atoms with E-state index in [0.29, 0.717) is 0 Å². The van der Waals surface area contributed by atoms with Crippen molar-refractivity contribution in [2.75, 3.05) is 5.73 Å². The molecule has 5 radical (unpaired) electrons. The van der Waals surface area contributed by atoms with Crippen molar-refractivity contribution in [3.63, 3.8) is 0 Å². The maximum absolute atomic E-state index is 5.74. The van der Waals surface area contributed by atoms with Crippen molar-refractivity contribution < 1.29 is 0 Å². The summed E-state index contributed by atoms with van der Waals surface area (Å²) in [7, 11) is 12.5. The summed E-state index contributed by atoms with van der Waals surface area (Å²) in [5, 5.41) is 0. The molecule has 0 atom stereocenters. The second kappa shape index (κ2) is 4.23. The second-order valence-electron chi connectivity index (χ2n) is 2.99. The summed E-state index contributed by atoms with van der Waals surface area (Å²) >= 11 is 4.27. The summed E-state index contributed by atoms with van der Waals surface area (Å²) in [6.07, 6.45) is 0. The van der Waals surface area contributed by atoms with E-state index < -0.39 is 0 Å². The van der Waals surface area contributed by atoms with Crippen LogP contribution in [0.3, 0.4) is 0 Å². The zero-order chi connectivity index (χ0) is 10.0. The molecule has 0 unspecified atom stereocenters. The molecule has 59 valence electrons. The molecule has 1 nitrogen and oxygen atoms in total. The minimum Gasteiger partial charge on any atom is -0.398 e. The molecule has 0 bridgehead atoms. The van der Waals surface area contributed by atoms with E-state index in [1.807, 2.05) is 13.0 Å². The van der Waals surface area contributed by atoms with Gasteiger partial charge in [-0.2, -0.15) is 0 Å². The zero-order valence-electron chi connectivity index (χ0n) is 7.49. The van der Waals surface area contributed by atoms with Crippen LogP contribution in [0, 0.1) is 6.92 Å². The Balaban J connectivity index is 3.15. The van der Waals surface area contributed by atoms with Crippen molar-refractivity contribution in [3.05, 3.63) is 17.7 Å². The van der Waals surface area contributed by atoms with Crippen molar-refractivity contribution in [1.82, 2.24) is 0 Å². The van der Waals surface area contributed by atoms with Crippen LogP contribution in [0.5, 0.6) is 0 Å². The number of nitrogen functional groups attached to an aromatic ring is 1. The molecule has 1 rings (SSSR count). The number of hydrogen-bond acceptors (Lipinski definition) is 2. The first-order chi connectivity index (χ1) is 6.06. The summed E-state index contributed by atoms with van der Waals surface area (Å²) in [5.41, 5.74) is 8.31. The van der Waals surface area contributed by atoms with Gasteiger partial charge in [0.25, 0.3) is 0 Å². The third-order valence-electron chi connectivity index (χ3n) is 1.98. The normalized spacial score (nSPS) is 9.69. The maximum atomic E-state index is 5.74. The summed E-state index contributed by atoms with van der Waals surface area (Å²) in [6, 6.07) is 3.70. The summed E-state index contributed by atoms with van der Waals surface area (Å²) < 4.78 is 0. The largest absolute Gasteiger partial charge is 0.398 e. The van der Waals surface area contributed by atoms with E-state index >= 15 is 0 Å². The van der Waals surface area contributed by atoms with Crippen molar-refractivity contribution >= 4 is 52.8 Å². The van der Waals surface area contributed by atoms with Gasteiger partial charge in [0.1, 0.15) is 0 Å². The fourth-order valence-corrected chi connectivity index (χ4v) is 1.46. The highest BCUT2D eigenvalue weighted by atomic mass is 32.1. The first-order valence-electron chi connectivity index (χ1n) is 3.96. The average molecular weight is 181 g/mol. The van der Waals surface area contributed by atoms with Crippen LogP contribution in [0.15, 0.2) is 17.0 Å². The predicted octanol–water partition coefficient (Wildman–Crippen LogP) is -0.483. The van der Waals surface area contributed by atoms with Crippen LogP contribution >= 0.6 is 12.6 Å². The van der Waals surface area contributed by atoms with Crippen LogP contribution in [0.1, 0.15) is 5.56 Å². The molecule has 6 heteroatoms. The van der Waals surface area contributed by atoms with Crippen LogP contribution in [-0.4, -0.2) is 29.0 Å². The van der Waals surface area contributed by atoms with Gasteiger partial charge in [0.2, 0.25) is 0 Å². The van der Waals surface area contributed by atoms with Crippen molar-refractivity contribution in [2.24, 2.45) is 0 Å². The molecule has 13 heavy (non-hydrogen) atoms. The third-order valence-corrected chi connectivity index (χ3v) is 2.37. The van der Waals surface area contributed by atoms with E-state index in [0.717, 1.165) is 21.6 Å². The molecule has 1 aromatic carbocycles. The number of hydrogen-bond donors (Lipinski definition) is 2. The molecule has 0 fully saturated rings. The fraction of sp³-hybridized carbons (Fsp3) is 0.143. The number of aryl methyl sites for hydroxylation is 1. The van der Waals surface area contributed by atoms with Gasteiger partial charge in [-0.25, -0.2) is 0 Å². The Hall–Kier alpha value is -0.370. The molecule has 0 aromatic heterocycles. The van der Waals surface area contributed by atoms with Gasteiger partial charge < -0.3 is 5.73 Å². The Morgan fingerprint density at radius 1 is 1.54 bits per heavy atom. The highest BCUT2D eigenvalue weighted by molar-refractivity contribution is 7.80. The highest BCUT2D eigenvalue weighted by Gasteiger charge is 2.10. The van der Waals surface area contributed by atoms with E-state index in [9.17, 15) is 0 Å². The van der Waals surface area contributed by atoms with Gasteiger partial charge in [0.15, 0.2) is 0 Å². The lowest BCUT2D eigenvalue weighted by Gasteiger charge is -2.12. The Kier molecular flexibility index (Phi) is 3.48. The summed E-state index contributed by atoms with van der Waals surface area (Å²) in [4.78, 5) is 0.775. The molecule has 1 aromatic rings. The van der Waals surface area contributed by atoms with E-state index in [1.165, 1.54) is 7.06 Å². The topological polar surface area (TPSA) is 26.0 Å². The minimum absolute atomic E-state index is 0.285. The average Bonchev–Trinajstić information content (AvgIpc) is 2.10. The first kappa shape index (κ1) is 10.7. The molecular formula is C7H8B4NS. The molecule has 0 aliphatic rings. The second-order valence-corrected chi connectivity index (χ2v) is 3.47. The van der Waals surface area contributed by atoms with Crippen LogP contribution in [-0.2, 0) is 0 Å². The monoisotopic (exact) mass is 182 g/mol. The lowest BCUT2D eigenvalue weighted by Crippen LogP contribution is -2.39. The third kappa shape index (κ3) is 2.31. The number of rotatable bonds is 2. The summed E-state index contributed by atoms with van der Waals surface area (Å²) in [6.45, 7) is 1.64. The SMILES string of the molecule is [B][B]B([B])c1cc(C)c(N)cc1S. The highest BCUT2D eigenvalue weighted by Crippen LogP contribution is 2.14. The molecule has 0 aliphatic heterocycles. The Morgan fingerprint density at radius 2 is 2.15 bits per heavy atom. The maximum Gasteiger partial charge on any atom is 0.0820 e. The van der Waals surface area contributed by atoms with Gasteiger partial charge in [-0.05, 0) is 23.4 Å². The summed E-state index contributed by atoms with van der Waals surface area (Å²) in [5.74, 6) is 0. The minimum atomic E-state index is -0.285. The van der Waals surface area contributed by atoms with Gasteiger partial charge in [-0.3, -0.25) is 0 Å². The lowest BCUT2D eigenvalue weighted by atomic mass is 9.03. The van der Waals surface area contributed by atoms with Gasteiger partial charge >= 0.3 is 0 Å². The van der Waals surface area contributed by atoms with Crippen LogP contribution in [0.25, 0.3) is 0 Å². The number of anilines is 1. The smallest absolute Gasteiger partial charge is 0.0820 e. The number of benzene rings is 1. The van der Waals surface area contributed by atoms with E-state index in [4.69, 9.17) is 21.2 Å². The van der Waals surface area contributed by atoms with Crippen molar-refractivity contribution in [2.45, 2.75) is 11.8 Å². The van der Waals surface area contributed by atoms with Crippen LogP contribution in [0.2, 0.25) is 0 Å². The Morgan fingerprint density at radius 3 is 2.69 bits per heavy atom. The van der Waals surface area contributed by atoms with E-state index in [2.05, 4.69) is 12.6 Å². The zero-order valence-corrected chi connectivity index (χ0v) is 8.38. The Labute approximate surface area is 88.4 Å². The quantitative estimate of drug-likeness (QED) is 0.360. The standard InChI is InChI=1S/C7H8B4NS/c1-4-2-5(11(9)10-8)7(13)3-6(4)12/h2-3,13H,12H2,1H3. The molecule has 0 saturated carbocycles. The molecular weight excluding hydrogens is 173 g/mol. The van der Waals surface area contributed by atoms with Crippen LogP contribution in [0.4, 0.5) is 5.69 Å². The number of thiol groups is 1. The van der Waals surface area contributed by atoms with E-state index in [1.54, 1.807) is 6.07 Å². The molecule has 0 saturated heterocycles. The molecule has 0 heterocycles. The number of nitrogens with two attached hydrogens (primary N) is 1. The lowest BCUT2D eigenvalue weighted by molar-refractivity contribution is 1.42. The van der Waals surface area contributed by atoms with E-state index in [-0.39, 0.29) is 6.49 Å². The first-order valence-corrected chi connectivity index (χ1v) is 4.40. The van der Waals surface area contributed by atoms with Crippen molar-refractivity contribution in [1.29, 1.82) is 0 Å². The van der Waals surface area contributed by atoms with Gasteiger partial charge in [0, 0.05) is 28.2 Å². The van der Waals surface area contributed by atoms with Crippen LogP contribution < -0.4 is 11.2 Å². The van der Waals surface area contributed by atoms with Gasteiger partial charge in [-0.1, -0.05) is 11.5 Å². The molecule has 0 aliphatic carbocycles. The van der Waals surface area contributed by atoms with Crippen molar-refractivity contribution in [3.8, 4) is 0 Å². The van der Waals surface area contributed by atoms with Gasteiger partial charge in [0.05, 0.1) is 6.49 Å².